The normalized spacial score (nSPS) is 13.0. The maximum atomic E-state index is 12.4. The summed E-state index contributed by atoms with van der Waals surface area (Å²) in [4.78, 5) is 36.5. The summed E-state index contributed by atoms with van der Waals surface area (Å²) >= 11 is 0. The summed E-state index contributed by atoms with van der Waals surface area (Å²) in [5.74, 6) is 0.716. The molecule has 1 fully saturated rings. The Morgan fingerprint density at radius 1 is 1.03 bits per heavy atom. The van der Waals surface area contributed by atoms with Gasteiger partial charge >= 0.3 is 0 Å². The number of ether oxygens (including phenoxy) is 1. The third-order valence-electron chi connectivity index (χ3n) is 5.15. The van der Waals surface area contributed by atoms with Crippen LogP contribution in [0, 0.1) is 0 Å². The van der Waals surface area contributed by atoms with Crippen molar-refractivity contribution < 1.29 is 23.3 Å². The van der Waals surface area contributed by atoms with Gasteiger partial charge in [0.2, 0.25) is 0 Å². The monoisotopic (exact) mass is 445 g/mol. The minimum atomic E-state index is -0.390. The molecular weight excluding hydrogens is 426 g/mol. The molecule has 0 unspecified atom stereocenters. The summed E-state index contributed by atoms with van der Waals surface area (Å²) < 4.78 is 16.0. The molecule has 0 aliphatic heterocycles. The smallest absolute Gasteiger partial charge is 0.277 e. The van der Waals surface area contributed by atoms with Gasteiger partial charge in [-0.25, -0.2) is 0 Å². The fourth-order valence-electron chi connectivity index (χ4n) is 3.32. The maximum absolute atomic E-state index is 12.4. The van der Waals surface area contributed by atoms with Crippen LogP contribution >= 0.6 is 0 Å². The molecule has 4 aromatic rings. The standard InChI is InChI=1S/C24H19N3O6/c28-20-8-9-31-22-11-17(6-7-18(20)22)32-13-23(29)25-15-2-1-3-16(10-15)26-24(30)19-12-21(33-27-19)14-4-5-14/h1-3,6-12,14H,4-5,13H2,(H,25,29)(H,26,30). The number of fused-ring (bicyclic) bond motifs is 1. The number of hydrogen-bond donors (Lipinski definition) is 2. The van der Waals surface area contributed by atoms with E-state index in [1.54, 1.807) is 48.5 Å². The SMILES string of the molecule is O=C(COc1ccc2c(=O)ccoc2c1)Nc1cccc(NC(=O)c2cc(C3CC3)on2)c1. The molecule has 0 spiro atoms. The van der Waals surface area contributed by atoms with Crippen LogP contribution in [-0.2, 0) is 4.79 Å². The maximum Gasteiger partial charge on any atom is 0.277 e. The van der Waals surface area contributed by atoms with Gasteiger partial charge in [0, 0.05) is 35.5 Å². The fourth-order valence-corrected chi connectivity index (χ4v) is 3.32. The van der Waals surface area contributed by atoms with Crippen molar-refractivity contribution in [3.8, 4) is 5.75 Å². The average molecular weight is 445 g/mol. The topological polar surface area (TPSA) is 124 Å². The van der Waals surface area contributed by atoms with E-state index in [9.17, 15) is 14.4 Å². The van der Waals surface area contributed by atoms with Crippen molar-refractivity contribution in [2.24, 2.45) is 0 Å². The van der Waals surface area contributed by atoms with E-state index in [1.807, 2.05) is 0 Å². The number of benzene rings is 2. The van der Waals surface area contributed by atoms with Crippen LogP contribution in [0.5, 0.6) is 5.75 Å². The van der Waals surface area contributed by atoms with E-state index in [0.29, 0.717) is 34.0 Å². The molecule has 2 heterocycles. The highest BCUT2D eigenvalue weighted by Crippen LogP contribution is 2.40. The predicted molar refractivity (Wildman–Crippen MR) is 119 cm³/mol. The van der Waals surface area contributed by atoms with Crippen LogP contribution in [0.15, 0.2) is 74.6 Å². The zero-order valence-electron chi connectivity index (χ0n) is 17.4. The largest absolute Gasteiger partial charge is 0.484 e. The highest BCUT2D eigenvalue weighted by molar-refractivity contribution is 6.03. The Morgan fingerprint density at radius 3 is 2.67 bits per heavy atom. The molecule has 2 amide bonds. The number of carbonyl (C=O) groups excluding carboxylic acids is 2. The minimum absolute atomic E-state index is 0.153. The van der Waals surface area contributed by atoms with Crippen molar-refractivity contribution in [2.45, 2.75) is 18.8 Å². The zero-order valence-corrected chi connectivity index (χ0v) is 17.4. The zero-order chi connectivity index (χ0) is 22.8. The molecule has 0 bridgehead atoms. The first-order chi connectivity index (χ1) is 16.0. The van der Waals surface area contributed by atoms with Crippen LogP contribution in [0.3, 0.4) is 0 Å². The summed E-state index contributed by atoms with van der Waals surface area (Å²) in [6.07, 6.45) is 3.42. The van der Waals surface area contributed by atoms with Crippen LogP contribution in [0.4, 0.5) is 11.4 Å². The fraction of sp³-hybridized carbons (Fsp3) is 0.167. The summed E-state index contributed by atoms with van der Waals surface area (Å²) in [6.45, 7) is -0.248. The molecule has 2 N–H and O–H groups in total. The van der Waals surface area contributed by atoms with E-state index >= 15 is 0 Å². The molecule has 0 atom stereocenters. The van der Waals surface area contributed by atoms with Gasteiger partial charge in [0.05, 0.1) is 11.6 Å². The average Bonchev–Trinajstić information content (AvgIpc) is 3.54. The van der Waals surface area contributed by atoms with E-state index in [-0.39, 0.29) is 23.6 Å². The predicted octanol–water partition coefficient (Wildman–Crippen LogP) is 3.93. The van der Waals surface area contributed by atoms with Gasteiger partial charge in [-0.05, 0) is 43.2 Å². The lowest BCUT2D eigenvalue weighted by Gasteiger charge is -2.09. The number of nitrogens with one attached hydrogen (secondary N) is 2. The number of aromatic nitrogens is 1. The van der Waals surface area contributed by atoms with Gasteiger partial charge in [-0.3, -0.25) is 14.4 Å². The molecule has 1 aliphatic carbocycles. The molecule has 1 aliphatic rings. The number of nitrogens with zero attached hydrogens (tertiary/aromatic N) is 1. The van der Waals surface area contributed by atoms with Crippen LogP contribution in [0.2, 0.25) is 0 Å². The van der Waals surface area contributed by atoms with Crippen molar-refractivity contribution in [1.82, 2.24) is 5.16 Å². The molecule has 2 aromatic carbocycles. The minimum Gasteiger partial charge on any atom is -0.484 e. The van der Waals surface area contributed by atoms with Gasteiger partial charge in [-0.15, -0.1) is 0 Å². The second-order valence-electron chi connectivity index (χ2n) is 7.70. The number of hydrogen-bond acceptors (Lipinski definition) is 7. The Balaban J connectivity index is 1.18. The van der Waals surface area contributed by atoms with E-state index in [2.05, 4.69) is 15.8 Å². The number of amides is 2. The van der Waals surface area contributed by atoms with Crippen LogP contribution in [0.25, 0.3) is 11.0 Å². The molecule has 9 nitrogen and oxygen atoms in total. The van der Waals surface area contributed by atoms with Crippen LogP contribution < -0.4 is 20.8 Å². The van der Waals surface area contributed by atoms with Crippen molar-refractivity contribution in [2.75, 3.05) is 17.2 Å². The number of rotatable bonds is 7. The molecule has 5 rings (SSSR count). The highest BCUT2D eigenvalue weighted by atomic mass is 16.5. The molecule has 2 aromatic heterocycles. The Bertz CT molecular complexity index is 1400. The van der Waals surface area contributed by atoms with Gasteiger partial charge in [-0.2, -0.15) is 0 Å². The van der Waals surface area contributed by atoms with E-state index in [1.165, 1.54) is 12.3 Å². The molecule has 166 valence electrons. The Morgan fingerprint density at radius 2 is 1.85 bits per heavy atom. The summed E-state index contributed by atoms with van der Waals surface area (Å²) in [5, 5.41) is 9.72. The molecule has 0 radical (unpaired) electrons. The molecule has 33 heavy (non-hydrogen) atoms. The highest BCUT2D eigenvalue weighted by Gasteiger charge is 2.28. The first-order valence-electron chi connectivity index (χ1n) is 10.4. The molecule has 9 heteroatoms. The van der Waals surface area contributed by atoms with Crippen molar-refractivity contribution in [3.05, 3.63) is 82.5 Å². The van der Waals surface area contributed by atoms with E-state index in [0.717, 1.165) is 18.6 Å². The molecule has 1 saturated carbocycles. The van der Waals surface area contributed by atoms with Crippen molar-refractivity contribution in [1.29, 1.82) is 0 Å². The Labute approximate surface area is 187 Å². The second-order valence-corrected chi connectivity index (χ2v) is 7.70. The van der Waals surface area contributed by atoms with E-state index in [4.69, 9.17) is 13.7 Å². The second kappa shape index (κ2) is 8.62. The number of anilines is 2. The van der Waals surface area contributed by atoms with Crippen LogP contribution in [-0.4, -0.2) is 23.6 Å². The van der Waals surface area contributed by atoms with Gasteiger partial charge in [0.25, 0.3) is 11.8 Å². The lowest BCUT2D eigenvalue weighted by Crippen LogP contribution is -2.20. The van der Waals surface area contributed by atoms with Gasteiger partial charge < -0.3 is 24.3 Å². The van der Waals surface area contributed by atoms with Crippen LogP contribution in [0.1, 0.15) is 35.0 Å². The third-order valence-corrected chi connectivity index (χ3v) is 5.15. The Hall–Kier alpha value is -4.40. The summed E-state index contributed by atoms with van der Waals surface area (Å²) in [5.41, 5.74) is 1.43. The molecular formula is C24H19N3O6. The number of carbonyl (C=O) groups is 2. The summed E-state index contributed by atoms with van der Waals surface area (Å²) in [7, 11) is 0. The van der Waals surface area contributed by atoms with Gasteiger partial charge in [-0.1, -0.05) is 11.2 Å². The summed E-state index contributed by atoms with van der Waals surface area (Å²) in [6, 6.07) is 14.5. The molecule has 0 saturated heterocycles. The third kappa shape index (κ3) is 4.77. The van der Waals surface area contributed by atoms with Crippen molar-refractivity contribution in [3.63, 3.8) is 0 Å². The first kappa shape index (κ1) is 20.5. The van der Waals surface area contributed by atoms with Crippen molar-refractivity contribution >= 4 is 34.2 Å². The first-order valence-corrected chi connectivity index (χ1v) is 10.4. The Kier molecular flexibility index (Phi) is 5.35. The lowest BCUT2D eigenvalue weighted by atomic mass is 10.2. The van der Waals surface area contributed by atoms with Gasteiger partial charge in [0.15, 0.2) is 17.7 Å². The lowest BCUT2D eigenvalue weighted by molar-refractivity contribution is -0.118. The van der Waals surface area contributed by atoms with E-state index < -0.39 is 5.91 Å². The quantitative estimate of drug-likeness (QED) is 0.442. The van der Waals surface area contributed by atoms with Gasteiger partial charge in [0.1, 0.15) is 17.1 Å².